The Bertz CT molecular complexity index is 1020. The predicted octanol–water partition coefficient (Wildman–Crippen LogP) is 4.65. The molecule has 8 heteroatoms. The van der Waals surface area contributed by atoms with Gasteiger partial charge in [-0.25, -0.2) is 0 Å². The van der Waals surface area contributed by atoms with Crippen molar-refractivity contribution in [1.82, 2.24) is 4.90 Å². The molecular weight excluding hydrogens is 462 g/mol. The van der Waals surface area contributed by atoms with Crippen molar-refractivity contribution in [3.63, 3.8) is 0 Å². The topological polar surface area (TPSA) is 87.1 Å². The summed E-state index contributed by atoms with van der Waals surface area (Å²) in [5, 5.41) is 20.8. The maximum Gasteiger partial charge on any atom is 0.295 e. The fourth-order valence-electron chi connectivity index (χ4n) is 3.36. The molecule has 1 saturated heterocycles. The number of hydrogen-bond acceptors (Lipinski definition) is 5. The molecule has 0 saturated carbocycles. The molecule has 0 bridgehead atoms. The number of Topliss-reactive ketones (excluding diaryl/α,β-unsaturated/α-hetero) is 1. The molecule has 1 atom stereocenters. The zero-order valence-electron chi connectivity index (χ0n) is 15.8. The number of nitrogens with zero attached hydrogens (tertiary/aromatic N) is 1. The van der Waals surface area contributed by atoms with Gasteiger partial charge in [-0.05, 0) is 58.2 Å². The summed E-state index contributed by atoms with van der Waals surface area (Å²) in [6, 6.07) is 8.52. The van der Waals surface area contributed by atoms with Crippen molar-refractivity contribution >= 4 is 45.0 Å². The first kappa shape index (κ1) is 21.2. The van der Waals surface area contributed by atoms with E-state index in [1.54, 1.807) is 24.3 Å². The van der Waals surface area contributed by atoms with Crippen molar-refractivity contribution in [3.05, 3.63) is 62.6 Å². The van der Waals surface area contributed by atoms with Crippen LogP contribution in [0.1, 0.15) is 30.5 Å². The monoisotopic (exact) mass is 479 g/mol. The standard InChI is InChI=1S/C21H19BrClNO5/c1-3-8-24-18(11-4-6-15(25)14(23)10-11)17(20(27)21(24)28)19(26)12-5-7-16(29-2)13(22)9-12/h4-7,9-10,18,25-26H,3,8H2,1-2H3/b19-17-. The molecule has 2 aromatic rings. The third kappa shape index (κ3) is 3.84. The highest BCUT2D eigenvalue weighted by Crippen LogP contribution is 2.41. The molecule has 0 aliphatic carbocycles. The third-order valence-corrected chi connectivity index (χ3v) is 5.64. The molecule has 152 valence electrons. The number of methoxy groups -OCH3 is 1. The highest BCUT2D eigenvalue weighted by atomic mass is 79.9. The summed E-state index contributed by atoms with van der Waals surface area (Å²) >= 11 is 9.41. The van der Waals surface area contributed by atoms with Crippen molar-refractivity contribution in [3.8, 4) is 11.5 Å². The molecule has 1 aliphatic rings. The van der Waals surface area contributed by atoms with E-state index in [9.17, 15) is 19.8 Å². The van der Waals surface area contributed by atoms with Gasteiger partial charge in [0.2, 0.25) is 0 Å². The largest absolute Gasteiger partial charge is 0.507 e. The van der Waals surface area contributed by atoms with E-state index >= 15 is 0 Å². The zero-order chi connectivity index (χ0) is 21.3. The first-order chi connectivity index (χ1) is 13.8. The molecule has 1 heterocycles. The number of aromatic hydroxyl groups is 1. The maximum atomic E-state index is 12.8. The van der Waals surface area contributed by atoms with E-state index < -0.39 is 17.7 Å². The van der Waals surface area contributed by atoms with E-state index in [-0.39, 0.29) is 22.1 Å². The summed E-state index contributed by atoms with van der Waals surface area (Å²) in [6.45, 7) is 2.22. The van der Waals surface area contributed by atoms with Crippen LogP contribution in [0.4, 0.5) is 0 Å². The molecular formula is C21H19BrClNO5. The number of phenolic OH excluding ortho intramolecular Hbond substituents is 1. The number of carbonyl (C=O) groups is 2. The van der Waals surface area contributed by atoms with Crippen LogP contribution in [0.2, 0.25) is 5.02 Å². The van der Waals surface area contributed by atoms with E-state index in [1.165, 1.54) is 24.1 Å². The van der Waals surface area contributed by atoms with Crippen LogP contribution >= 0.6 is 27.5 Å². The summed E-state index contributed by atoms with van der Waals surface area (Å²) < 4.78 is 5.79. The molecule has 1 amide bonds. The Morgan fingerprint density at radius 2 is 1.97 bits per heavy atom. The van der Waals surface area contributed by atoms with Crippen LogP contribution in [0.3, 0.4) is 0 Å². The lowest BCUT2D eigenvalue weighted by Crippen LogP contribution is -2.30. The number of rotatable bonds is 5. The van der Waals surface area contributed by atoms with Crippen LogP contribution in [0.5, 0.6) is 11.5 Å². The zero-order valence-corrected chi connectivity index (χ0v) is 18.1. The Morgan fingerprint density at radius 1 is 1.24 bits per heavy atom. The van der Waals surface area contributed by atoms with E-state index in [2.05, 4.69) is 15.9 Å². The van der Waals surface area contributed by atoms with Crippen molar-refractivity contribution in [2.75, 3.05) is 13.7 Å². The van der Waals surface area contributed by atoms with Gasteiger partial charge in [0, 0.05) is 12.1 Å². The molecule has 6 nitrogen and oxygen atoms in total. The number of ketones is 1. The van der Waals surface area contributed by atoms with Gasteiger partial charge in [-0.2, -0.15) is 0 Å². The fourth-order valence-corrected chi connectivity index (χ4v) is 4.09. The van der Waals surface area contributed by atoms with Crippen LogP contribution in [0, 0.1) is 0 Å². The van der Waals surface area contributed by atoms with Gasteiger partial charge in [-0.1, -0.05) is 24.6 Å². The Kier molecular flexibility index (Phi) is 6.19. The lowest BCUT2D eigenvalue weighted by atomic mass is 9.95. The number of likely N-dealkylation sites (tertiary alicyclic amines) is 1. The van der Waals surface area contributed by atoms with Gasteiger partial charge >= 0.3 is 0 Å². The first-order valence-electron chi connectivity index (χ1n) is 8.90. The van der Waals surface area contributed by atoms with Crippen LogP contribution in [0.15, 0.2) is 46.4 Å². The second-order valence-electron chi connectivity index (χ2n) is 6.55. The molecule has 0 aromatic heterocycles. The second kappa shape index (κ2) is 8.47. The number of aliphatic hydroxyl groups is 1. The Labute approximate surface area is 181 Å². The predicted molar refractivity (Wildman–Crippen MR) is 113 cm³/mol. The van der Waals surface area contributed by atoms with Gasteiger partial charge in [0.1, 0.15) is 17.3 Å². The lowest BCUT2D eigenvalue weighted by Gasteiger charge is -2.25. The third-order valence-electron chi connectivity index (χ3n) is 4.72. The van der Waals surface area contributed by atoms with Gasteiger partial charge in [-0.3, -0.25) is 9.59 Å². The van der Waals surface area contributed by atoms with Gasteiger partial charge in [0.15, 0.2) is 0 Å². The quantitative estimate of drug-likeness (QED) is 0.370. The Hall–Kier alpha value is -2.51. The fraction of sp³-hybridized carbons (Fsp3) is 0.238. The lowest BCUT2D eigenvalue weighted by molar-refractivity contribution is -0.139. The molecule has 3 rings (SSSR count). The Morgan fingerprint density at radius 3 is 2.55 bits per heavy atom. The molecule has 0 spiro atoms. The number of benzene rings is 2. The highest BCUT2D eigenvalue weighted by molar-refractivity contribution is 9.10. The number of ether oxygens (including phenoxy) is 1. The minimum Gasteiger partial charge on any atom is -0.507 e. The summed E-state index contributed by atoms with van der Waals surface area (Å²) in [5.41, 5.74) is 0.860. The highest BCUT2D eigenvalue weighted by Gasteiger charge is 2.45. The molecule has 29 heavy (non-hydrogen) atoms. The number of carbonyl (C=O) groups excluding carboxylic acids is 2. The van der Waals surface area contributed by atoms with E-state index in [4.69, 9.17) is 16.3 Å². The number of amides is 1. The molecule has 2 N–H and O–H groups in total. The molecule has 2 aromatic carbocycles. The van der Waals surface area contributed by atoms with Gasteiger partial charge in [0.05, 0.1) is 28.2 Å². The number of hydrogen-bond donors (Lipinski definition) is 2. The van der Waals surface area contributed by atoms with Gasteiger partial charge < -0.3 is 19.8 Å². The van der Waals surface area contributed by atoms with Gasteiger partial charge in [0.25, 0.3) is 11.7 Å². The molecule has 0 radical (unpaired) electrons. The number of phenols is 1. The number of halogens is 2. The first-order valence-corrected chi connectivity index (χ1v) is 10.1. The minimum atomic E-state index is -0.811. The Balaban J connectivity index is 2.20. The van der Waals surface area contributed by atoms with Gasteiger partial charge in [-0.15, -0.1) is 0 Å². The average Bonchev–Trinajstić information content (AvgIpc) is 2.94. The van der Waals surface area contributed by atoms with Crippen molar-refractivity contribution in [2.45, 2.75) is 19.4 Å². The molecule has 1 unspecified atom stereocenters. The summed E-state index contributed by atoms with van der Waals surface area (Å²) in [5.74, 6) is -1.29. The van der Waals surface area contributed by atoms with Crippen LogP contribution in [-0.4, -0.2) is 40.5 Å². The van der Waals surface area contributed by atoms with Crippen LogP contribution in [-0.2, 0) is 9.59 Å². The summed E-state index contributed by atoms with van der Waals surface area (Å²) in [7, 11) is 1.52. The normalized spacial score (nSPS) is 18.3. The van der Waals surface area contributed by atoms with E-state index in [1.807, 2.05) is 6.92 Å². The second-order valence-corrected chi connectivity index (χ2v) is 7.81. The van der Waals surface area contributed by atoms with Crippen molar-refractivity contribution in [1.29, 1.82) is 0 Å². The van der Waals surface area contributed by atoms with E-state index in [0.717, 1.165) is 0 Å². The average molecular weight is 481 g/mol. The summed E-state index contributed by atoms with van der Waals surface area (Å²) in [6.07, 6.45) is 0.628. The molecule has 1 aliphatic heterocycles. The van der Waals surface area contributed by atoms with Crippen molar-refractivity contribution in [2.24, 2.45) is 0 Å². The molecule has 1 fully saturated rings. The van der Waals surface area contributed by atoms with Crippen molar-refractivity contribution < 1.29 is 24.5 Å². The summed E-state index contributed by atoms with van der Waals surface area (Å²) in [4.78, 5) is 26.9. The van der Waals surface area contributed by atoms with Crippen LogP contribution in [0.25, 0.3) is 5.76 Å². The number of aliphatic hydroxyl groups excluding tert-OH is 1. The van der Waals surface area contributed by atoms with E-state index in [0.29, 0.717) is 34.3 Å². The SMILES string of the molecule is CCCN1C(=O)C(=O)/C(=C(\O)c2ccc(OC)c(Br)c2)C1c1ccc(O)c(Cl)c1. The maximum absolute atomic E-state index is 12.8. The minimum absolute atomic E-state index is 0.0257. The smallest absolute Gasteiger partial charge is 0.295 e. The van der Waals surface area contributed by atoms with Crippen LogP contribution < -0.4 is 4.74 Å².